The number of nitrogens with zero attached hydrogens (tertiary/aromatic N) is 4. The van der Waals surface area contributed by atoms with Crippen molar-refractivity contribution in [3.8, 4) is 0 Å². The number of piperidine rings is 1. The Morgan fingerprint density at radius 3 is 2.55 bits per heavy atom. The summed E-state index contributed by atoms with van der Waals surface area (Å²) in [5, 5.41) is 7.88. The molecule has 2 aromatic heterocycles. The lowest BCUT2D eigenvalue weighted by Gasteiger charge is -2.31. The minimum absolute atomic E-state index is 0.549. The van der Waals surface area contributed by atoms with Crippen molar-refractivity contribution in [1.29, 1.82) is 0 Å². The molecule has 0 aliphatic carbocycles. The number of nitrogens with one attached hydrogen (secondary N) is 2. The van der Waals surface area contributed by atoms with Crippen molar-refractivity contribution < 1.29 is 4.42 Å². The van der Waals surface area contributed by atoms with Crippen molar-refractivity contribution in [2.24, 2.45) is 18.0 Å². The zero-order valence-electron chi connectivity index (χ0n) is 17.6. The molecule has 3 rings (SSSR count). The number of aryl methyl sites for hydroxylation is 2. The van der Waals surface area contributed by atoms with Gasteiger partial charge < -0.3 is 19.6 Å². The summed E-state index contributed by atoms with van der Waals surface area (Å²) >= 11 is 12.2. The Morgan fingerprint density at radius 1 is 1.28 bits per heavy atom. The maximum absolute atomic E-state index is 6.13. The molecule has 1 aliphatic rings. The van der Waals surface area contributed by atoms with Gasteiger partial charge in [-0.3, -0.25) is 9.89 Å². The Labute approximate surface area is 182 Å². The van der Waals surface area contributed by atoms with E-state index in [0.29, 0.717) is 22.6 Å². The number of halogens is 2. The number of oxazole rings is 1. The van der Waals surface area contributed by atoms with Crippen LogP contribution >= 0.6 is 23.2 Å². The number of aliphatic imine (C=N–C) groups is 1. The topological polar surface area (TPSA) is 70.6 Å². The summed E-state index contributed by atoms with van der Waals surface area (Å²) in [5.41, 5.74) is 1.99. The highest BCUT2D eigenvalue weighted by atomic mass is 35.5. The molecule has 7 nitrogen and oxygen atoms in total. The Hall–Kier alpha value is -1.70. The second kappa shape index (κ2) is 9.87. The van der Waals surface area contributed by atoms with Crippen molar-refractivity contribution in [2.75, 3.05) is 26.7 Å². The molecule has 0 amide bonds. The lowest BCUT2D eigenvalue weighted by atomic mass is 9.97. The molecular weight excluding hydrogens is 411 g/mol. The van der Waals surface area contributed by atoms with Gasteiger partial charge in [-0.1, -0.05) is 23.2 Å². The molecular formula is C20H30Cl2N6O. The molecule has 29 heavy (non-hydrogen) atoms. The third-order valence-electron chi connectivity index (χ3n) is 5.57. The highest BCUT2D eigenvalue weighted by molar-refractivity contribution is 6.41. The molecule has 1 fully saturated rings. The average molecular weight is 441 g/mol. The van der Waals surface area contributed by atoms with Gasteiger partial charge in [0.25, 0.3) is 0 Å². The van der Waals surface area contributed by atoms with Gasteiger partial charge in [-0.15, -0.1) is 0 Å². The van der Waals surface area contributed by atoms with Crippen molar-refractivity contribution in [2.45, 2.75) is 39.8 Å². The first kappa shape index (κ1) is 22.0. The van der Waals surface area contributed by atoms with Crippen LogP contribution in [0.2, 0.25) is 10.2 Å². The summed E-state index contributed by atoms with van der Waals surface area (Å²) in [6, 6.07) is 1.87. The molecule has 0 atom stereocenters. The summed E-state index contributed by atoms with van der Waals surface area (Å²) in [6.07, 6.45) is 2.29. The van der Waals surface area contributed by atoms with E-state index in [2.05, 4.69) is 25.5 Å². The van der Waals surface area contributed by atoms with Gasteiger partial charge in [-0.25, -0.2) is 4.98 Å². The number of aromatic nitrogens is 2. The Bertz CT molecular complexity index is 832. The second-order valence-electron chi connectivity index (χ2n) is 7.61. The number of hydrogen-bond donors (Lipinski definition) is 2. The minimum Gasteiger partial charge on any atom is -0.444 e. The number of rotatable bonds is 6. The van der Waals surface area contributed by atoms with E-state index in [1.165, 1.54) is 0 Å². The van der Waals surface area contributed by atoms with E-state index < -0.39 is 0 Å². The van der Waals surface area contributed by atoms with Gasteiger partial charge >= 0.3 is 0 Å². The molecule has 0 bridgehead atoms. The lowest BCUT2D eigenvalue weighted by molar-refractivity contribution is 0.164. The van der Waals surface area contributed by atoms with E-state index in [1.54, 1.807) is 7.05 Å². The van der Waals surface area contributed by atoms with Crippen molar-refractivity contribution in [1.82, 2.24) is 25.1 Å². The van der Waals surface area contributed by atoms with Gasteiger partial charge in [-0.2, -0.15) is 0 Å². The zero-order valence-corrected chi connectivity index (χ0v) is 19.1. The van der Waals surface area contributed by atoms with E-state index in [-0.39, 0.29) is 0 Å². The molecule has 0 unspecified atom stereocenters. The minimum atomic E-state index is 0.549. The molecule has 9 heteroatoms. The summed E-state index contributed by atoms with van der Waals surface area (Å²) in [4.78, 5) is 11.2. The SMILES string of the molecule is CN=C(NCc1cc(Cl)c(Cl)n1C)NCC1CCN(Cc2nc(C)c(C)o2)CC1. The molecule has 0 radical (unpaired) electrons. The highest BCUT2D eigenvalue weighted by Crippen LogP contribution is 2.25. The molecule has 0 saturated carbocycles. The van der Waals surface area contributed by atoms with Gasteiger partial charge in [0.05, 0.1) is 23.8 Å². The molecule has 1 saturated heterocycles. The molecule has 1 aliphatic heterocycles. The Morgan fingerprint density at radius 2 is 2.00 bits per heavy atom. The molecule has 2 aromatic rings. The monoisotopic (exact) mass is 440 g/mol. The second-order valence-corrected chi connectivity index (χ2v) is 8.37. The summed E-state index contributed by atoms with van der Waals surface area (Å²) in [7, 11) is 3.68. The number of hydrogen-bond acceptors (Lipinski definition) is 4. The van der Waals surface area contributed by atoms with Gasteiger partial charge in [0, 0.05) is 26.3 Å². The van der Waals surface area contributed by atoms with Crippen molar-refractivity contribution in [3.63, 3.8) is 0 Å². The first-order chi connectivity index (χ1) is 13.9. The van der Waals surface area contributed by atoms with Crippen LogP contribution in [0.1, 0.15) is 35.9 Å². The highest BCUT2D eigenvalue weighted by Gasteiger charge is 2.21. The Kier molecular flexibility index (Phi) is 7.49. The van der Waals surface area contributed by atoms with E-state index in [9.17, 15) is 0 Å². The van der Waals surface area contributed by atoms with Gasteiger partial charge in [0.2, 0.25) is 5.89 Å². The predicted molar refractivity (Wildman–Crippen MR) is 118 cm³/mol. The summed E-state index contributed by atoms with van der Waals surface area (Å²) < 4.78 is 7.58. The van der Waals surface area contributed by atoms with E-state index in [1.807, 2.05) is 31.5 Å². The van der Waals surface area contributed by atoms with Crippen LogP contribution < -0.4 is 10.6 Å². The van der Waals surface area contributed by atoms with Crippen LogP contribution in [-0.2, 0) is 20.1 Å². The fourth-order valence-corrected chi connectivity index (χ4v) is 3.96. The summed E-state index contributed by atoms with van der Waals surface area (Å²) in [6.45, 7) is 8.36. The van der Waals surface area contributed by atoms with Gasteiger partial charge in [0.1, 0.15) is 10.9 Å². The zero-order chi connectivity index (χ0) is 21.0. The van der Waals surface area contributed by atoms with Crippen molar-refractivity contribution >= 4 is 29.2 Å². The molecule has 0 spiro atoms. The van der Waals surface area contributed by atoms with Crippen molar-refractivity contribution in [3.05, 3.63) is 39.3 Å². The normalized spacial score (nSPS) is 16.4. The van der Waals surface area contributed by atoms with Crippen LogP contribution in [0.3, 0.4) is 0 Å². The Balaban J connectivity index is 1.40. The average Bonchev–Trinajstić information content (AvgIpc) is 3.15. The van der Waals surface area contributed by atoms with Crippen LogP contribution in [0, 0.1) is 19.8 Å². The number of likely N-dealkylation sites (tertiary alicyclic amines) is 1. The molecule has 3 heterocycles. The van der Waals surface area contributed by atoms with Crippen LogP contribution in [0.5, 0.6) is 0 Å². The fraction of sp³-hybridized carbons (Fsp3) is 0.600. The third-order valence-corrected chi connectivity index (χ3v) is 6.42. The van der Waals surface area contributed by atoms with Crippen LogP contribution in [-0.4, -0.2) is 47.1 Å². The van der Waals surface area contributed by atoms with E-state index >= 15 is 0 Å². The molecule has 160 valence electrons. The largest absolute Gasteiger partial charge is 0.444 e. The van der Waals surface area contributed by atoms with Gasteiger partial charge in [-0.05, 0) is 51.8 Å². The van der Waals surface area contributed by atoms with Gasteiger partial charge in [0.15, 0.2) is 5.96 Å². The predicted octanol–water partition coefficient (Wildman–Crippen LogP) is 3.51. The van der Waals surface area contributed by atoms with Crippen LogP contribution in [0.15, 0.2) is 15.5 Å². The smallest absolute Gasteiger partial charge is 0.208 e. The molecule has 0 aromatic carbocycles. The standard InChI is InChI=1S/C20H30Cl2N6O/c1-13-14(2)29-18(26-13)12-28-7-5-15(6-8-28)10-24-20(23-3)25-11-16-9-17(21)19(22)27(16)4/h9,15H,5-8,10-12H2,1-4H3,(H2,23,24,25). The quantitative estimate of drug-likeness (QED) is 0.530. The lowest BCUT2D eigenvalue weighted by Crippen LogP contribution is -2.42. The maximum atomic E-state index is 6.13. The first-order valence-electron chi connectivity index (χ1n) is 9.96. The van der Waals surface area contributed by atoms with E-state index in [0.717, 1.165) is 68.0 Å². The maximum Gasteiger partial charge on any atom is 0.208 e. The van der Waals surface area contributed by atoms with E-state index in [4.69, 9.17) is 27.6 Å². The third kappa shape index (κ3) is 5.68. The van der Waals surface area contributed by atoms with Crippen LogP contribution in [0.4, 0.5) is 0 Å². The summed E-state index contributed by atoms with van der Waals surface area (Å²) in [5.74, 6) is 3.14. The number of guanidine groups is 1. The first-order valence-corrected chi connectivity index (χ1v) is 10.7. The fourth-order valence-electron chi connectivity index (χ4n) is 3.54. The molecule has 2 N–H and O–H groups in total. The van der Waals surface area contributed by atoms with Crippen LogP contribution in [0.25, 0.3) is 0 Å².